The molecule has 122 valence electrons. The van der Waals surface area contributed by atoms with Crippen LogP contribution in [0.4, 0.5) is 0 Å². The molecule has 24 heavy (non-hydrogen) atoms. The summed E-state index contributed by atoms with van der Waals surface area (Å²) in [5, 5.41) is 0.829. The van der Waals surface area contributed by atoms with E-state index >= 15 is 0 Å². The van der Waals surface area contributed by atoms with Gasteiger partial charge in [0.05, 0.1) is 19.3 Å². The van der Waals surface area contributed by atoms with E-state index in [0.29, 0.717) is 5.56 Å². The van der Waals surface area contributed by atoms with Crippen molar-refractivity contribution in [2.75, 3.05) is 13.4 Å². The third-order valence-corrected chi connectivity index (χ3v) is 4.41. The zero-order chi connectivity index (χ0) is 16.9. The summed E-state index contributed by atoms with van der Waals surface area (Å²) in [5.41, 5.74) is 2.59. The minimum absolute atomic E-state index is 0.0463. The number of imidazole rings is 1. The van der Waals surface area contributed by atoms with Crippen molar-refractivity contribution >= 4 is 17.5 Å². The van der Waals surface area contributed by atoms with Gasteiger partial charge in [-0.25, -0.2) is 4.98 Å². The van der Waals surface area contributed by atoms with Gasteiger partial charge in [-0.2, -0.15) is 0 Å². The molecule has 1 aromatic heterocycles. The molecule has 4 nitrogen and oxygen atoms in total. The smallest absolute Gasteiger partial charge is 0.182 e. The summed E-state index contributed by atoms with van der Waals surface area (Å²) in [6.07, 6.45) is 3.90. The zero-order valence-corrected chi connectivity index (χ0v) is 14.4. The minimum atomic E-state index is 0.0463. The SMILES string of the molecule is COc1ccc(C(=O)Cn2cc(-c3ccccc3)nc2SC)cc1. The van der Waals surface area contributed by atoms with Crippen LogP contribution in [0.2, 0.25) is 0 Å². The van der Waals surface area contributed by atoms with Gasteiger partial charge >= 0.3 is 0 Å². The lowest BCUT2D eigenvalue weighted by molar-refractivity contribution is 0.0969. The molecule has 0 spiro atoms. The van der Waals surface area contributed by atoms with Crippen molar-refractivity contribution in [3.63, 3.8) is 0 Å². The second-order valence-corrected chi connectivity index (χ2v) is 6.03. The average Bonchev–Trinajstić information content (AvgIpc) is 3.05. The Bertz CT molecular complexity index is 826. The fourth-order valence-electron chi connectivity index (χ4n) is 2.45. The van der Waals surface area contributed by atoms with Crippen LogP contribution >= 0.6 is 11.8 Å². The van der Waals surface area contributed by atoms with Crippen molar-refractivity contribution in [2.45, 2.75) is 11.7 Å². The topological polar surface area (TPSA) is 44.1 Å². The maximum absolute atomic E-state index is 12.5. The van der Waals surface area contributed by atoms with Gasteiger partial charge in [-0.05, 0) is 30.5 Å². The lowest BCUT2D eigenvalue weighted by Gasteiger charge is -2.06. The van der Waals surface area contributed by atoms with Gasteiger partial charge in [0.25, 0.3) is 0 Å². The number of hydrogen-bond donors (Lipinski definition) is 0. The van der Waals surface area contributed by atoms with Gasteiger partial charge in [-0.15, -0.1) is 0 Å². The Morgan fingerprint density at radius 1 is 1.12 bits per heavy atom. The van der Waals surface area contributed by atoms with Gasteiger partial charge in [0, 0.05) is 17.3 Å². The highest BCUT2D eigenvalue weighted by molar-refractivity contribution is 7.98. The number of aromatic nitrogens is 2. The van der Waals surface area contributed by atoms with Crippen molar-refractivity contribution in [1.29, 1.82) is 0 Å². The number of benzene rings is 2. The molecule has 1 heterocycles. The predicted octanol–water partition coefficient (Wildman–Crippen LogP) is 4.16. The highest BCUT2D eigenvalue weighted by Crippen LogP contribution is 2.23. The fourth-order valence-corrected chi connectivity index (χ4v) is 2.99. The Hall–Kier alpha value is -2.53. The lowest BCUT2D eigenvalue weighted by Crippen LogP contribution is -2.10. The first kappa shape index (κ1) is 16.3. The van der Waals surface area contributed by atoms with Gasteiger partial charge in [0.15, 0.2) is 10.9 Å². The summed E-state index contributed by atoms with van der Waals surface area (Å²) in [6.45, 7) is 0.266. The van der Waals surface area contributed by atoms with Crippen LogP contribution in [0.1, 0.15) is 10.4 Å². The van der Waals surface area contributed by atoms with Crippen LogP contribution in [0.3, 0.4) is 0 Å². The van der Waals surface area contributed by atoms with E-state index in [9.17, 15) is 4.79 Å². The molecule has 0 aliphatic carbocycles. The van der Waals surface area contributed by atoms with Crippen LogP contribution in [-0.4, -0.2) is 28.7 Å². The lowest BCUT2D eigenvalue weighted by atomic mass is 10.1. The molecular weight excluding hydrogens is 320 g/mol. The number of carbonyl (C=O) groups is 1. The molecule has 0 fully saturated rings. The molecule has 0 amide bonds. The van der Waals surface area contributed by atoms with E-state index in [-0.39, 0.29) is 12.3 Å². The summed E-state index contributed by atoms with van der Waals surface area (Å²) < 4.78 is 7.03. The van der Waals surface area contributed by atoms with Gasteiger partial charge in [-0.1, -0.05) is 42.1 Å². The minimum Gasteiger partial charge on any atom is -0.497 e. The molecule has 0 bridgehead atoms. The van der Waals surface area contributed by atoms with Crippen molar-refractivity contribution in [2.24, 2.45) is 0 Å². The number of hydrogen-bond acceptors (Lipinski definition) is 4. The number of nitrogens with zero attached hydrogens (tertiary/aromatic N) is 2. The standard InChI is InChI=1S/C19H18N2O2S/c1-23-16-10-8-15(9-11-16)18(22)13-21-12-17(20-19(21)24-2)14-6-4-3-5-7-14/h3-12H,13H2,1-2H3. The van der Waals surface area contributed by atoms with Crippen LogP contribution in [0.15, 0.2) is 66.0 Å². The molecule has 3 aromatic rings. The Morgan fingerprint density at radius 3 is 2.46 bits per heavy atom. The van der Waals surface area contributed by atoms with Gasteiger partial charge in [-0.3, -0.25) is 4.79 Å². The number of methoxy groups -OCH3 is 1. The van der Waals surface area contributed by atoms with Crippen LogP contribution in [0, 0.1) is 0 Å². The van der Waals surface area contributed by atoms with E-state index in [2.05, 4.69) is 4.98 Å². The first-order chi connectivity index (χ1) is 11.7. The number of carbonyl (C=O) groups excluding carboxylic acids is 1. The summed E-state index contributed by atoms with van der Waals surface area (Å²) in [5.74, 6) is 0.787. The number of thioether (sulfide) groups is 1. The number of Topliss-reactive ketones (excluding diaryl/α,β-unsaturated/α-hetero) is 1. The van der Waals surface area contributed by atoms with Crippen LogP contribution in [0.25, 0.3) is 11.3 Å². The fraction of sp³-hybridized carbons (Fsp3) is 0.158. The molecule has 0 radical (unpaired) electrons. The maximum atomic E-state index is 12.5. The molecule has 0 unspecified atom stereocenters. The molecule has 0 saturated heterocycles. The third kappa shape index (κ3) is 3.51. The molecule has 0 atom stereocenters. The second-order valence-electron chi connectivity index (χ2n) is 5.26. The van der Waals surface area contributed by atoms with Crippen molar-refractivity contribution < 1.29 is 9.53 Å². The largest absolute Gasteiger partial charge is 0.497 e. The van der Waals surface area contributed by atoms with E-state index < -0.39 is 0 Å². The summed E-state index contributed by atoms with van der Waals surface area (Å²) >= 11 is 1.53. The highest BCUT2D eigenvalue weighted by Gasteiger charge is 2.13. The quantitative estimate of drug-likeness (QED) is 0.500. The number of rotatable bonds is 6. The molecular formula is C19H18N2O2S. The first-order valence-electron chi connectivity index (χ1n) is 7.55. The number of ether oxygens (including phenoxy) is 1. The van der Waals surface area contributed by atoms with E-state index in [1.54, 1.807) is 31.4 Å². The highest BCUT2D eigenvalue weighted by atomic mass is 32.2. The van der Waals surface area contributed by atoms with Crippen molar-refractivity contribution in [1.82, 2.24) is 9.55 Å². The average molecular weight is 338 g/mol. The summed E-state index contributed by atoms with van der Waals surface area (Å²) in [7, 11) is 1.61. The first-order valence-corrected chi connectivity index (χ1v) is 8.77. The van der Waals surface area contributed by atoms with Gasteiger partial charge in [0.1, 0.15) is 5.75 Å². The molecule has 0 aliphatic rings. The van der Waals surface area contributed by atoms with E-state index in [4.69, 9.17) is 4.74 Å². The summed E-state index contributed by atoms with van der Waals surface area (Å²) in [6, 6.07) is 17.1. The Balaban J connectivity index is 1.83. The normalized spacial score (nSPS) is 10.6. The van der Waals surface area contributed by atoms with E-state index in [1.165, 1.54) is 11.8 Å². The molecule has 0 aliphatic heterocycles. The van der Waals surface area contributed by atoms with Crippen LogP contribution < -0.4 is 4.74 Å². The monoisotopic (exact) mass is 338 g/mol. The van der Waals surface area contributed by atoms with Crippen LogP contribution in [-0.2, 0) is 6.54 Å². The summed E-state index contributed by atoms with van der Waals surface area (Å²) in [4.78, 5) is 17.2. The predicted molar refractivity (Wildman–Crippen MR) is 96.8 cm³/mol. The van der Waals surface area contributed by atoms with Crippen molar-refractivity contribution in [3.05, 3.63) is 66.4 Å². The Kier molecular flexibility index (Phi) is 5.01. The Morgan fingerprint density at radius 2 is 1.83 bits per heavy atom. The van der Waals surface area contributed by atoms with E-state index in [1.807, 2.05) is 47.4 Å². The molecule has 3 rings (SSSR count). The molecule has 5 heteroatoms. The van der Waals surface area contributed by atoms with Gasteiger partial charge < -0.3 is 9.30 Å². The molecule has 0 N–H and O–H groups in total. The van der Waals surface area contributed by atoms with Crippen molar-refractivity contribution in [3.8, 4) is 17.0 Å². The zero-order valence-electron chi connectivity index (χ0n) is 13.6. The van der Waals surface area contributed by atoms with Crippen LogP contribution in [0.5, 0.6) is 5.75 Å². The maximum Gasteiger partial charge on any atom is 0.182 e. The molecule has 2 aromatic carbocycles. The van der Waals surface area contributed by atoms with Gasteiger partial charge in [0.2, 0.25) is 0 Å². The molecule has 0 saturated carbocycles. The number of ketones is 1. The Labute approximate surface area is 145 Å². The third-order valence-electron chi connectivity index (χ3n) is 3.72. The second kappa shape index (κ2) is 7.36. The van der Waals surface area contributed by atoms with E-state index in [0.717, 1.165) is 22.2 Å².